The molecule has 0 fully saturated rings. The first-order valence-corrected chi connectivity index (χ1v) is 5.06. The first-order chi connectivity index (χ1) is 7.64. The number of benzene rings is 1. The molecule has 0 unspecified atom stereocenters. The van der Waals surface area contributed by atoms with Crippen molar-refractivity contribution >= 4 is 38.5 Å². The Morgan fingerprint density at radius 3 is 2.29 bits per heavy atom. The van der Waals surface area contributed by atoms with Crippen LogP contribution in [-0.4, -0.2) is 10.2 Å². The molecule has 4 nitrogen and oxygen atoms in total. The van der Waals surface area contributed by atoms with Crippen LogP contribution in [0, 0.1) is 10.1 Å². The number of alkyl halides is 3. The standard InChI is InChI=1S/C8H2BrClF3NO3/c9-5-2-3(8(11,12)13)1-4(7(10)15)6(5)14(16)17/h1-2H. The highest BCUT2D eigenvalue weighted by molar-refractivity contribution is 9.10. The monoisotopic (exact) mass is 331 g/mol. The Labute approximate surface area is 106 Å². The van der Waals surface area contributed by atoms with Crippen molar-refractivity contribution in [3.8, 4) is 0 Å². The molecule has 0 aliphatic heterocycles. The molecule has 92 valence electrons. The quantitative estimate of drug-likeness (QED) is 0.471. The van der Waals surface area contributed by atoms with E-state index in [2.05, 4.69) is 15.9 Å². The average molecular weight is 332 g/mol. The van der Waals surface area contributed by atoms with Crippen molar-refractivity contribution in [3.63, 3.8) is 0 Å². The molecule has 1 rings (SSSR count). The average Bonchev–Trinajstić information content (AvgIpc) is 2.13. The normalized spacial score (nSPS) is 11.4. The summed E-state index contributed by atoms with van der Waals surface area (Å²) in [5.74, 6) is 0. The maximum Gasteiger partial charge on any atom is 0.416 e. The molecule has 0 aliphatic rings. The fraction of sp³-hybridized carbons (Fsp3) is 0.125. The van der Waals surface area contributed by atoms with Crippen LogP contribution in [0.3, 0.4) is 0 Å². The van der Waals surface area contributed by atoms with Crippen LogP contribution < -0.4 is 0 Å². The second-order valence-corrected chi connectivity index (χ2v) is 4.08. The van der Waals surface area contributed by atoms with Crippen molar-refractivity contribution in [3.05, 3.63) is 37.8 Å². The zero-order valence-corrected chi connectivity index (χ0v) is 10.1. The Balaban J connectivity index is 3.58. The second kappa shape index (κ2) is 4.61. The summed E-state index contributed by atoms with van der Waals surface area (Å²) in [6.45, 7) is 0. The number of nitrogens with zero attached hydrogens (tertiary/aromatic N) is 1. The number of nitro groups is 1. The fourth-order valence-electron chi connectivity index (χ4n) is 1.10. The summed E-state index contributed by atoms with van der Waals surface area (Å²) in [7, 11) is 0. The summed E-state index contributed by atoms with van der Waals surface area (Å²) < 4.78 is 36.7. The van der Waals surface area contributed by atoms with E-state index >= 15 is 0 Å². The van der Waals surface area contributed by atoms with Crippen molar-refractivity contribution in [1.82, 2.24) is 0 Å². The van der Waals surface area contributed by atoms with Crippen molar-refractivity contribution in [2.75, 3.05) is 0 Å². The third-order valence-electron chi connectivity index (χ3n) is 1.79. The number of nitro benzene ring substituents is 1. The molecule has 0 N–H and O–H groups in total. The Kier molecular flexibility index (Phi) is 3.78. The molecule has 0 atom stereocenters. The summed E-state index contributed by atoms with van der Waals surface area (Å²) in [6.07, 6.45) is -4.72. The number of carbonyl (C=O) groups excluding carboxylic acids is 1. The van der Waals surface area contributed by atoms with Crippen LogP contribution in [-0.2, 0) is 6.18 Å². The summed E-state index contributed by atoms with van der Waals surface area (Å²) in [4.78, 5) is 20.5. The fourth-order valence-corrected chi connectivity index (χ4v) is 1.85. The lowest BCUT2D eigenvalue weighted by atomic mass is 10.1. The highest BCUT2D eigenvalue weighted by atomic mass is 79.9. The van der Waals surface area contributed by atoms with Crippen molar-refractivity contribution in [2.45, 2.75) is 6.18 Å². The summed E-state index contributed by atoms with van der Waals surface area (Å²) in [5, 5.41) is 9.26. The van der Waals surface area contributed by atoms with E-state index in [0.29, 0.717) is 12.1 Å². The van der Waals surface area contributed by atoms with Crippen LogP contribution in [0.5, 0.6) is 0 Å². The topological polar surface area (TPSA) is 60.2 Å². The van der Waals surface area contributed by atoms with Gasteiger partial charge in [0.2, 0.25) is 0 Å². The van der Waals surface area contributed by atoms with E-state index in [1.54, 1.807) is 0 Å². The third-order valence-corrected chi connectivity index (χ3v) is 2.59. The van der Waals surface area contributed by atoms with Gasteiger partial charge in [-0.2, -0.15) is 13.2 Å². The van der Waals surface area contributed by atoms with Crippen molar-refractivity contribution < 1.29 is 22.9 Å². The highest BCUT2D eigenvalue weighted by Gasteiger charge is 2.35. The molecular formula is C8H2BrClF3NO3. The predicted octanol–water partition coefficient (Wildman–Crippen LogP) is 3.76. The Bertz CT molecular complexity index is 504. The summed E-state index contributed by atoms with van der Waals surface area (Å²) in [6, 6.07) is 0.861. The lowest BCUT2D eigenvalue weighted by molar-refractivity contribution is -0.385. The SMILES string of the molecule is O=C(Cl)c1cc(C(F)(F)F)cc(Br)c1[N+](=O)[O-]. The van der Waals surface area contributed by atoms with Gasteiger partial charge in [-0.05, 0) is 39.7 Å². The van der Waals surface area contributed by atoms with Crippen LogP contribution in [0.2, 0.25) is 0 Å². The molecule has 9 heteroatoms. The summed E-state index contributed by atoms with van der Waals surface area (Å²) >= 11 is 7.62. The van der Waals surface area contributed by atoms with Crippen LogP contribution in [0.1, 0.15) is 15.9 Å². The maximum atomic E-state index is 12.4. The molecule has 1 aromatic rings. The maximum absolute atomic E-state index is 12.4. The molecule has 1 aromatic carbocycles. The largest absolute Gasteiger partial charge is 0.416 e. The van der Waals surface area contributed by atoms with Gasteiger partial charge in [0.05, 0.1) is 15.0 Å². The van der Waals surface area contributed by atoms with E-state index < -0.39 is 37.6 Å². The minimum atomic E-state index is -4.72. The van der Waals surface area contributed by atoms with Gasteiger partial charge in [-0.15, -0.1) is 0 Å². The van der Waals surface area contributed by atoms with Crippen LogP contribution in [0.25, 0.3) is 0 Å². The van der Waals surface area contributed by atoms with Crippen molar-refractivity contribution in [2.24, 2.45) is 0 Å². The van der Waals surface area contributed by atoms with E-state index in [-0.39, 0.29) is 0 Å². The van der Waals surface area contributed by atoms with Gasteiger partial charge >= 0.3 is 6.18 Å². The molecule has 0 saturated heterocycles. The van der Waals surface area contributed by atoms with Gasteiger partial charge in [-0.1, -0.05) is 0 Å². The van der Waals surface area contributed by atoms with Gasteiger partial charge in [0.1, 0.15) is 5.56 Å². The number of carbonyl (C=O) groups is 1. The zero-order chi connectivity index (χ0) is 13.4. The molecule has 0 aliphatic carbocycles. The molecule has 0 radical (unpaired) electrons. The number of halogens is 5. The molecule has 0 saturated carbocycles. The van der Waals surface area contributed by atoms with E-state index in [1.807, 2.05) is 0 Å². The zero-order valence-electron chi connectivity index (χ0n) is 7.72. The molecule has 0 amide bonds. The predicted molar refractivity (Wildman–Crippen MR) is 56.0 cm³/mol. The van der Waals surface area contributed by atoms with E-state index in [0.717, 1.165) is 0 Å². The molecule has 0 spiro atoms. The molecule has 17 heavy (non-hydrogen) atoms. The van der Waals surface area contributed by atoms with Crippen LogP contribution >= 0.6 is 27.5 Å². The molecule has 0 heterocycles. The molecular weight excluding hydrogens is 330 g/mol. The minimum absolute atomic E-state index is 0.345. The molecule has 0 aromatic heterocycles. The van der Waals surface area contributed by atoms with E-state index in [1.165, 1.54) is 0 Å². The van der Waals surface area contributed by atoms with Gasteiger partial charge in [0.15, 0.2) is 0 Å². The van der Waals surface area contributed by atoms with Crippen molar-refractivity contribution in [1.29, 1.82) is 0 Å². The Hall–Kier alpha value is -1.15. The van der Waals surface area contributed by atoms with Gasteiger partial charge in [-0.3, -0.25) is 14.9 Å². The molecule has 0 bridgehead atoms. The minimum Gasteiger partial charge on any atom is -0.275 e. The first kappa shape index (κ1) is 13.9. The third kappa shape index (κ3) is 2.95. The summed E-state index contributed by atoms with van der Waals surface area (Å²) in [5.41, 5.74) is -2.80. The highest BCUT2D eigenvalue weighted by Crippen LogP contribution is 2.37. The Morgan fingerprint density at radius 1 is 1.41 bits per heavy atom. The van der Waals surface area contributed by atoms with E-state index in [4.69, 9.17) is 11.6 Å². The smallest absolute Gasteiger partial charge is 0.275 e. The van der Waals surface area contributed by atoms with Gasteiger partial charge in [0.25, 0.3) is 10.9 Å². The Morgan fingerprint density at radius 2 is 1.94 bits per heavy atom. The number of hydrogen-bond donors (Lipinski definition) is 0. The lowest BCUT2D eigenvalue weighted by Crippen LogP contribution is -2.08. The first-order valence-electron chi connectivity index (χ1n) is 3.89. The van der Waals surface area contributed by atoms with Crippen LogP contribution in [0.15, 0.2) is 16.6 Å². The van der Waals surface area contributed by atoms with Crippen LogP contribution in [0.4, 0.5) is 18.9 Å². The van der Waals surface area contributed by atoms with Gasteiger partial charge in [0, 0.05) is 0 Å². The van der Waals surface area contributed by atoms with E-state index in [9.17, 15) is 28.1 Å². The van der Waals surface area contributed by atoms with Gasteiger partial charge in [-0.25, -0.2) is 0 Å². The number of rotatable bonds is 2. The second-order valence-electron chi connectivity index (χ2n) is 2.88. The lowest BCUT2D eigenvalue weighted by Gasteiger charge is -2.09. The van der Waals surface area contributed by atoms with Gasteiger partial charge < -0.3 is 0 Å². The number of hydrogen-bond acceptors (Lipinski definition) is 3.